The number of aryl methyl sites for hydroxylation is 1. The number of hydrogen-bond donors (Lipinski definition) is 0. The molecule has 0 aliphatic carbocycles. The first-order chi connectivity index (χ1) is 14.8. The highest BCUT2D eigenvalue weighted by atomic mass is 16.6. The number of nitrogens with zero attached hydrogens (tertiary/aromatic N) is 6. The first-order valence-corrected chi connectivity index (χ1v) is 9.98. The summed E-state index contributed by atoms with van der Waals surface area (Å²) in [7, 11) is 2.91. The van der Waals surface area contributed by atoms with Crippen molar-refractivity contribution in [1.29, 1.82) is 0 Å². The van der Waals surface area contributed by atoms with E-state index in [-0.39, 0.29) is 29.0 Å². The van der Waals surface area contributed by atoms with Crippen LogP contribution in [0.4, 0.5) is 11.6 Å². The van der Waals surface area contributed by atoms with Crippen LogP contribution in [-0.4, -0.2) is 42.5 Å². The van der Waals surface area contributed by atoms with Crippen molar-refractivity contribution in [1.82, 2.24) is 18.7 Å². The van der Waals surface area contributed by atoms with E-state index >= 15 is 0 Å². The lowest BCUT2D eigenvalue weighted by Gasteiger charge is -2.28. The Hall–Kier alpha value is -3.76. The molecule has 0 bridgehead atoms. The molecule has 0 N–H and O–H groups in total. The molecule has 11 heteroatoms. The first-order valence-electron chi connectivity index (χ1n) is 9.98. The van der Waals surface area contributed by atoms with Crippen molar-refractivity contribution in [3.05, 3.63) is 60.8 Å². The number of aromatic nitrogens is 4. The fourth-order valence-electron chi connectivity index (χ4n) is 3.95. The lowest BCUT2D eigenvalue weighted by Crippen LogP contribution is -2.38. The second-order valence-corrected chi connectivity index (χ2v) is 7.65. The molecule has 1 saturated heterocycles. The van der Waals surface area contributed by atoms with E-state index in [1.165, 1.54) is 47.5 Å². The Labute approximate surface area is 176 Å². The molecule has 31 heavy (non-hydrogen) atoms. The van der Waals surface area contributed by atoms with E-state index in [9.17, 15) is 24.5 Å². The maximum Gasteiger partial charge on any atom is 0.332 e. The highest BCUT2D eigenvalue weighted by molar-refractivity contribution is 5.97. The van der Waals surface area contributed by atoms with Gasteiger partial charge in [-0.2, -0.15) is 4.98 Å². The highest BCUT2D eigenvalue weighted by Crippen LogP contribution is 2.24. The summed E-state index contributed by atoms with van der Waals surface area (Å²) in [6.45, 7) is 1.22. The van der Waals surface area contributed by atoms with Crippen molar-refractivity contribution in [2.75, 3.05) is 18.0 Å². The topological polar surface area (TPSA) is 125 Å². The SMILES string of the molecule is Cn1c(=O)c2c(nc(N3CCCCC3)n2CC(=O)c2cccc([N+](=O)[O-])c2)n(C)c1=O. The van der Waals surface area contributed by atoms with Gasteiger partial charge in [-0.25, -0.2) is 4.79 Å². The summed E-state index contributed by atoms with van der Waals surface area (Å²) in [5, 5.41) is 11.1. The minimum Gasteiger partial charge on any atom is -0.342 e. The third-order valence-electron chi connectivity index (χ3n) is 5.65. The summed E-state index contributed by atoms with van der Waals surface area (Å²) in [5.41, 5.74) is -0.694. The Morgan fingerprint density at radius 2 is 1.84 bits per heavy atom. The Morgan fingerprint density at radius 3 is 2.52 bits per heavy atom. The van der Waals surface area contributed by atoms with Crippen LogP contribution in [0.25, 0.3) is 11.2 Å². The number of nitro benzene ring substituents is 1. The van der Waals surface area contributed by atoms with Crippen LogP contribution in [0, 0.1) is 10.1 Å². The third-order valence-corrected chi connectivity index (χ3v) is 5.65. The zero-order chi connectivity index (χ0) is 22.3. The second kappa shape index (κ2) is 7.82. The summed E-state index contributed by atoms with van der Waals surface area (Å²) < 4.78 is 3.81. The average molecular weight is 426 g/mol. The number of carbonyl (C=O) groups excluding carboxylic acids is 1. The van der Waals surface area contributed by atoms with Crippen LogP contribution in [0.1, 0.15) is 29.6 Å². The lowest BCUT2D eigenvalue weighted by molar-refractivity contribution is -0.384. The van der Waals surface area contributed by atoms with Gasteiger partial charge in [0.25, 0.3) is 11.2 Å². The molecule has 1 fully saturated rings. The zero-order valence-corrected chi connectivity index (χ0v) is 17.3. The van der Waals surface area contributed by atoms with Gasteiger partial charge in [0, 0.05) is 44.9 Å². The summed E-state index contributed by atoms with van der Waals surface area (Å²) >= 11 is 0. The number of imidazole rings is 1. The van der Waals surface area contributed by atoms with Gasteiger partial charge in [-0.15, -0.1) is 0 Å². The lowest BCUT2D eigenvalue weighted by atomic mass is 10.1. The van der Waals surface area contributed by atoms with Crippen molar-refractivity contribution in [3.8, 4) is 0 Å². The van der Waals surface area contributed by atoms with E-state index in [0.29, 0.717) is 5.95 Å². The number of Topliss-reactive ketones (excluding diaryl/α,β-unsaturated/α-hetero) is 1. The Morgan fingerprint density at radius 1 is 1.13 bits per heavy atom. The Kier molecular flexibility index (Phi) is 5.17. The molecule has 0 amide bonds. The van der Waals surface area contributed by atoms with Crippen LogP contribution in [0.2, 0.25) is 0 Å². The van der Waals surface area contributed by atoms with Crippen LogP contribution in [0.15, 0.2) is 33.9 Å². The number of nitro groups is 1. The van der Waals surface area contributed by atoms with Crippen LogP contribution in [-0.2, 0) is 20.6 Å². The maximum absolute atomic E-state index is 13.0. The van der Waals surface area contributed by atoms with Crippen molar-refractivity contribution in [2.24, 2.45) is 14.1 Å². The van der Waals surface area contributed by atoms with E-state index in [0.717, 1.165) is 36.9 Å². The standard InChI is InChI=1S/C20H22N6O5/c1-22-17-16(18(28)23(2)20(22)29)25(19(21-17)24-9-4-3-5-10-24)12-15(27)13-7-6-8-14(11-13)26(30)31/h6-8,11H,3-5,9-10,12H2,1-2H3. The van der Waals surface area contributed by atoms with Crippen molar-refractivity contribution in [2.45, 2.75) is 25.8 Å². The number of rotatable bonds is 5. The molecule has 0 unspecified atom stereocenters. The third kappa shape index (κ3) is 3.51. The average Bonchev–Trinajstić information content (AvgIpc) is 3.16. The number of benzene rings is 1. The van der Waals surface area contributed by atoms with E-state index in [1.807, 2.05) is 4.90 Å². The molecule has 1 aromatic carbocycles. The molecular formula is C20H22N6O5. The molecule has 3 aromatic rings. The van der Waals surface area contributed by atoms with Gasteiger partial charge in [0.15, 0.2) is 16.9 Å². The molecule has 4 rings (SSSR count). The molecule has 1 aliphatic heterocycles. The normalized spacial score (nSPS) is 14.2. The van der Waals surface area contributed by atoms with Gasteiger partial charge in [-0.1, -0.05) is 12.1 Å². The Balaban J connectivity index is 1.88. The van der Waals surface area contributed by atoms with Crippen molar-refractivity contribution < 1.29 is 9.72 Å². The van der Waals surface area contributed by atoms with Gasteiger partial charge < -0.3 is 4.90 Å². The van der Waals surface area contributed by atoms with Crippen LogP contribution < -0.4 is 16.1 Å². The number of piperidine rings is 1. The van der Waals surface area contributed by atoms with Crippen LogP contribution in [0.5, 0.6) is 0 Å². The smallest absolute Gasteiger partial charge is 0.332 e. The number of anilines is 1. The summed E-state index contributed by atoms with van der Waals surface area (Å²) in [4.78, 5) is 55.5. The van der Waals surface area contributed by atoms with Gasteiger partial charge in [0.2, 0.25) is 5.95 Å². The molecule has 2 aromatic heterocycles. The minimum atomic E-state index is -0.561. The summed E-state index contributed by atoms with van der Waals surface area (Å²) in [6.07, 6.45) is 3.00. The second-order valence-electron chi connectivity index (χ2n) is 7.65. The highest BCUT2D eigenvalue weighted by Gasteiger charge is 2.25. The molecule has 0 saturated carbocycles. The van der Waals surface area contributed by atoms with Gasteiger partial charge in [-0.05, 0) is 19.3 Å². The van der Waals surface area contributed by atoms with Crippen molar-refractivity contribution in [3.63, 3.8) is 0 Å². The number of hydrogen-bond acceptors (Lipinski definition) is 7. The number of non-ortho nitro benzene ring substituents is 1. The van der Waals surface area contributed by atoms with Gasteiger partial charge in [-0.3, -0.25) is 33.4 Å². The van der Waals surface area contributed by atoms with Crippen LogP contribution >= 0.6 is 0 Å². The molecule has 3 heterocycles. The fraction of sp³-hybridized carbons (Fsp3) is 0.400. The molecule has 11 nitrogen and oxygen atoms in total. The first kappa shape index (κ1) is 20.5. The predicted octanol–water partition coefficient (Wildman–Crippen LogP) is 1.22. The summed E-state index contributed by atoms with van der Waals surface area (Å²) in [5.74, 6) is 0.0592. The van der Waals surface area contributed by atoms with E-state index in [4.69, 9.17) is 0 Å². The van der Waals surface area contributed by atoms with E-state index in [1.54, 1.807) is 0 Å². The van der Waals surface area contributed by atoms with Gasteiger partial charge in [0.05, 0.1) is 11.5 Å². The monoisotopic (exact) mass is 426 g/mol. The van der Waals surface area contributed by atoms with Gasteiger partial charge >= 0.3 is 5.69 Å². The number of fused-ring (bicyclic) bond motifs is 1. The summed E-state index contributed by atoms with van der Waals surface area (Å²) in [6, 6.07) is 5.48. The molecule has 162 valence electrons. The predicted molar refractivity (Wildman–Crippen MR) is 114 cm³/mol. The fourth-order valence-corrected chi connectivity index (χ4v) is 3.95. The maximum atomic E-state index is 13.0. The van der Waals surface area contributed by atoms with E-state index < -0.39 is 22.0 Å². The largest absolute Gasteiger partial charge is 0.342 e. The molecule has 1 aliphatic rings. The number of ketones is 1. The van der Waals surface area contributed by atoms with Gasteiger partial charge in [0.1, 0.15) is 0 Å². The van der Waals surface area contributed by atoms with Crippen molar-refractivity contribution >= 4 is 28.6 Å². The molecule has 0 radical (unpaired) electrons. The quantitative estimate of drug-likeness (QED) is 0.341. The van der Waals surface area contributed by atoms with Crippen LogP contribution in [0.3, 0.4) is 0 Å². The zero-order valence-electron chi connectivity index (χ0n) is 17.3. The molecule has 0 spiro atoms. The number of carbonyl (C=O) groups is 1. The Bertz CT molecular complexity index is 1310. The molecular weight excluding hydrogens is 404 g/mol. The van der Waals surface area contributed by atoms with E-state index in [2.05, 4.69) is 4.98 Å². The minimum absolute atomic E-state index is 0.156. The molecule has 0 atom stereocenters.